The van der Waals surface area contributed by atoms with Crippen molar-refractivity contribution in [3.05, 3.63) is 65.8 Å². The molecule has 24 heavy (non-hydrogen) atoms. The van der Waals surface area contributed by atoms with Crippen molar-refractivity contribution < 1.29 is 9.18 Å². The number of thioether (sulfide) groups is 1. The molecule has 0 aliphatic heterocycles. The lowest BCUT2D eigenvalue weighted by atomic mass is 10.2. The number of aromatic nitrogens is 1. The number of hydrogen-bond acceptors (Lipinski definition) is 4. The van der Waals surface area contributed by atoms with Gasteiger partial charge in [-0.15, -0.1) is 23.1 Å². The summed E-state index contributed by atoms with van der Waals surface area (Å²) in [5, 5.41) is 5.35. The Bertz CT molecular complexity index is 803. The van der Waals surface area contributed by atoms with Crippen molar-refractivity contribution in [3.8, 4) is 11.3 Å². The summed E-state index contributed by atoms with van der Waals surface area (Å²) >= 11 is 2.94. The first-order chi connectivity index (χ1) is 11.7. The summed E-state index contributed by atoms with van der Waals surface area (Å²) in [6, 6.07) is 16.1. The molecule has 3 aromatic rings. The lowest BCUT2D eigenvalue weighted by molar-refractivity contribution is -0.115. The summed E-state index contributed by atoms with van der Waals surface area (Å²) in [7, 11) is 0. The van der Waals surface area contributed by atoms with Crippen molar-refractivity contribution in [3.63, 3.8) is 0 Å². The number of nitrogens with one attached hydrogen (secondary N) is 1. The molecule has 0 bridgehead atoms. The van der Waals surface area contributed by atoms with Gasteiger partial charge in [-0.3, -0.25) is 4.79 Å². The maximum absolute atomic E-state index is 12.8. The third-order valence-electron chi connectivity index (χ3n) is 3.23. The number of halogens is 1. The van der Waals surface area contributed by atoms with E-state index in [0.717, 1.165) is 16.2 Å². The fraction of sp³-hybridized carbons (Fsp3) is 0.111. The van der Waals surface area contributed by atoms with Gasteiger partial charge >= 0.3 is 0 Å². The Labute approximate surface area is 148 Å². The number of amides is 1. The Balaban J connectivity index is 1.48. The third kappa shape index (κ3) is 4.66. The molecule has 0 fully saturated rings. The van der Waals surface area contributed by atoms with Gasteiger partial charge in [-0.1, -0.05) is 30.3 Å². The lowest BCUT2D eigenvalue weighted by Gasteiger charge is -2.02. The van der Waals surface area contributed by atoms with Crippen molar-refractivity contribution in [1.82, 2.24) is 4.98 Å². The smallest absolute Gasteiger partial charge is 0.226 e. The molecule has 2 aromatic carbocycles. The molecule has 0 aliphatic rings. The van der Waals surface area contributed by atoms with Crippen LogP contribution in [-0.4, -0.2) is 16.6 Å². The van der Waals surface area contributed by atoms with Gasteiger partial charge in [-0.2, -0.15) is 0 Å². The molecule has 0 unspecified atom stereocenters. The first kappa shape index (κ1) is 16.7. The Morgan fingerprint density at radius 2 is 1.88 bits per heavy atom. The predicted molar refractivity (Wildman–Crippen MR) is 97.9 cm³/mol. The van der Waals surface area contributed by atoms with E-state index < -0.39 is 0 Å². The van der Waals surface area contributed by atoms with Gasteiger partial charge < -0.3 is 5.32 Å². The highest BCUT2D eigenvalue weighted by molar-refractivity contribution is 7.99. The third-order valence-corrected chi connectivity index (χ3v) is 5.00. The minimum atomic E-state index is -0.255. The van der Waals surface area contributed by atoms with E-state index in [9.17, 15) is 9.18 Å². The van der Waals surface area contributed by atoms with E-state index in [0.29, 0.717) is 17.3 Å². The lowest BCUT2D eigenvalue weighted by Crippen LogP contribution is -2.11. The molecule has 1 amide bonds. The second-order valence-corrected chi connectivity index (χ2v) is 7.03. The molecule has 0 atom stereocenters. The molecule has 0 radical (unpaired) electrons. The number of nitrogens with zero attached hydrogens (tertiary/aromatic N) is 1. The van der Waals surface area contributed by atoms with Crippen LogP contribution >= 0.6 is 23.1 Å². The van der Waals surface area contributed by atoms with Crippen LogP contribution in [0.1, 0.15) is 6.42 Å². The average Bonchev–Trinajstić information content (AvgIpc) is 3.06. The molecule has 1 heterocycles. The monoisotopic (exact) mass is 358 g/mol. The molecule has 1 N–H and O–H groups in total. The standard InChI is InChI=1S/C18H15FN2OS2/c19-14-6-8-15(9-7-14)23-11-10-17(22)21-18-20-16(12-24-18)13-4-2-1-3-5-13/h1-9,12H,10-11H2,(H,20,21,22). The SMILES string of the molecule is O=C(CCSc1ccc(F)cc1)Nc1nc(-c2ccccc2)cs1. The first-order valence-corrected chi connectivity index (χ1v) is 9.26. The predicted octanol–water partition coefficient (Wildman–Crippen LogP) is 5.07. The van der Waals surface area contributed by atoms with E-state index in [1.165, 1.54) is 35.2 Å². The molecular weight excluding hydrogens is 343 g/mol. The highest BCUT2D eigenvalue weighted by atomic mass is 32.2. The molecule has 122 valence electrons. The van der Waals surface area contributed by atoms with Gasteiger partial charge in [0.2, 0.25) is 5.91 Å². The van der Waals surface area contributed by atoms with Crippen LogP contribution in [0, 0.1) is 5.82 Å². The van der Waals surface area contributed by atoms with E-state index in [-0.39, 0.29) is 11.7 Å². The topological polar surface area (TPSA) is 42.0 Å². The second-order valence-electron chi connectivity index (χ2n) is 5.00. The highest BCUT2D eigenvalue weighted by Crippen LogP contribution is 2.25. The Hall–Kier alpha value is -2.18. The zero-order chi connectivity index (χ0) is 16.8. The minimum Gasteiger partial charge on any atom is -0.302 e. The van der Waals surface area contributed by atoms with Crippen LogP contribution in [0.2, 0.25) is 0 Å². The summed E-state index contributed by atoms with van der Waals surface area (Å²) in [6.45, 7) is 0. The van der Waals surface area contributed by atoms with Gasteiger partial charge in [0.1, 0.15) is 5.82 Å². The van der Waals surface area contributed by atoms with Gasteiger partial charge in [0.05, 0.1) is 5.69 Å². The maximum atomic E-state index is 12.8. The van der Waals surface area contributed by atoms with Gasteiger partial charge in [-0.25, -0.2) is 9.37 Å². The summed E-state index contributed by atoms with van der Waals surface area (Å²) in [4.78, 5) is 17.4. The number of hydrogen-bond donors (Lipinski definition) is 1. The van der Waals surface area contributed by atoms with Gasteiger partial charge in [0.15, 0.2) is 5.13 Å². The number of rotatable bonds is 6. The molecule has 3 rings (SSSR count). The molecule has 0 saturated carbocycles. The van der Waals surface area contributed by atoms with Crippen molar-refractivity contribution in [2.75, 3.05) is 11.1 Å². The van der Waals surface area contributed by atoms with Gasteiger partial charge in [-0.05, 0) is 24.3 Å². The average molecular weight is 358 g/mol. The number of carbonyl (C=O) groups excluding carboxylic acids is 1. The van der Waals surface area contributed by atoms with Crippen LogP contribution in [0.3, 0.4) is 0 Å². The number of carbonyl (C=O) groups is 1. The number of benzene rings is 2. The second kappa shape index (κ2) is 8.08. The number of anilines is 1. The van der Waals surface area contributed by atoms with E-state index in [2.05, 4.69) is 10.3 Å². The zero-order valence-electron chi connectivity index (χ0n) is 12.7. The quantitative estimate of drug-likeness (QED) is 0.626. The summed E-state index contributed by atoms with van der Waals surface area (Å²) in [5.74, 6) is 0.308. The van der Waals surface area contributed by atoms with Crippen molar-refractivity contribution in [2.45, 2.75) is 11.3 Å². The van der Waals surface area contributed by atoms with Crippen molar-refractivity contribution in [2.24, 2.45) is 0 Å². The molecular formula is C18H15FN2OS2. The minimum absolute atomic E-state index is 0.0708. The van der Waals surface area contributed by atoms with E-state index in [4.69, 9.17) is 0 Å². The van der Waals surface area contributed by atoms with Crippen molar-refractivity contribution >= 4 is 34.1 Å². The van der Waals surface area contributed by atoms with E-state index in [1.807, 2.05) is 35.7 Å². The molecule has 0 spiro atoms. The molecule has 1 aromatic heterocycles. The maximum Gasteiger partial charge on any atom is 0.226 e. The Kier molecular flexibility index (Phi) is 5.61. The normalized spacial score (nSPS) is 10.5. The Morgan fingerprint density at radius 3 is 2.62 bits per heavy atom. The van der Waals surface area contributed by atoms with Crippen LogP contribution < -0.4 is 5.32 Å². The Morgan fingerprint density at radius 1 is 1.12 bits per heavy atom. The largest absolute Gasteiger partial charge is 0.302 e. The summed E-state index contributed by atoms with van der Waals surface area (Å²) in [5.41, 5.74) is 1.89. The van der Waals surface area contributed by atoms with Crippen LogP contribution in [0.5, 0.6) is 0 Å². The molecule has 0 saturated heterocycles. The number of thiazole rings is 1. The molecule has 3 nitrogen and oxygen atoms in total. The van der Waals surface area contributed by atoms with Crippen LogP contribution in [0.15, 0.2) is 64.9 Å². The van der Waals surface area contributed by atoms with Crippen LogP contribution in [0.4, 0.5) is 9.52 Å². The van der Waals surface area contributed by atoms with Crippen molar-refractivity contribution in [1.29, 1.82) is 0 Å². The fourth-order valence-corrected chi connectivity index (χ4v) is 3.63. The summed E-state index contributed by atoms with van der Waals surface area (Å²) in [6.07, 6.45) is 0.377. The fourth-order valence-electron chi connectivity index (χ4n) is 2.05. The van der Waals surface area contributed by atoms with Gasteiger partial charge in [0, 0.05) is 28.0 Å². The van der Waals surface area contributed by atoms with Crippen LogP contribution in [0.25, 0.3) is 11.3 Å². The molecule has 6 heteroatoms. The zero-order valence-corrected chi connectivity index (χ0v) is 14.4. The van der Waals surface area contributed by atoms with Gasteiger partial charge in [0.25, 0.3) is 0 Å². The summed E-state index contributed by atoms with van der Waals surface area (Å²) < 4.78 is 12.8. The van der Waals surface area contributed by atoms with Crippen LogP contribution in [-0.2, 0) is 4.79 Å². The van der Waals surface area contributed by atoms with E-state index in [1.54, 1.807) is 12.1 Å². The first-order valence-electron chi connectivity index (χ1n) is 7.40. The highest BCUT2D eigenvalue weighted by Gasteiger charge is 2.08. The van der Waals surface area contributed by atoms with E-state index >= 15 is 0 Å². The molecule has 0 aliphatic carbocycles.